The first kappa shape index (κ1) is 25.9. The highest BCUT2D eigenvalue weighted by Gasteiger charge is 2.43. The fraction of sp³-hybridized carbons (Fsp3) is 0.500. The second-order valence-corrected chi connectivity index (χ2v) is 12.5. The van der Waals surface area contributed by atoms with Crippen LogP contribution in [-0.2, 0) is 9.47 Å². The fourth-order valence-corrected chi connectivity index (χ4v) is 6.43. The minimum atomic E-state index is -0.510. The van der Waals surface area contributed by atoms with Crippen molar-refractivity contribution in [1.29, 1.82) is 0 Å². The third-order valence-corrected chi connectivity index (χ3v) is 8.41. The van der Waals surface area contributed by atoms with E-state index in [1.807, 2.05) is 54.8 Å². The molecule has 0 radical (unpaired) electrons. The number of ether oxygens (including phenoxy) is 2. The number of aromatic nitrogens is 5. The first-order valence-electron chi connectivity index (χ1n) is 14.4. The molecule has 7 rings (SSSR count). The molecule has 3 fully saturated rings. The van der Waals surface area contributed by atoms with Gasteiger partial charge >= 0.3 is 6.09 Å². The molecule has 11 heteroatoms. The number of anilines is 1. The monoisotopic (exact) mass is 557 g/mol. The summed E-state index contributed by atoms with van der Waals surface area (Å²) in [6, 6.07) is 5.95. The van der Waals surface area contributed by atoms with Crippen LogP contribution in [-0.4, -0.2) is 80.2 Å². The number of benzene rings is 1. The van der Waals surface area contributed by atoms with E-state index >= 15 is 0 Å². The minimum Gasteiger partial charge on any atom is -0.444 e. The Morgan fingerprint density at radius 1 is 1.12 bits per heavy atom. The molecule has 6 heterocycles. The van der Waals surface area contributed by atoms with E-state index in [0.717, 1.165) is 78.6 Å². The molecule has 3 unspecified atom stereocenters. The summed E-state index contributed by atoms with van der Waals surface area (Å²) in [5.74, 6) is 1.31. The molecule has 214 valence electrons. The minimum absolute atomic E-state index is 0.106. The summed E-state index contributed by atoms with van der Waals surface area (Å²) in [7, 11) is 0. The van der Waals surface area contributed by atoms with Crippen LogP contribution >= 0.6 is 0 Å². The van der Waals surface area contributed by atoms with Gasteiger partial charge in [0.05, 0.1) is 6.33 Å². The van der Waals surface area contributed by atoms with Gasteiger partial charge < -0.3 is 24.3 Å². The summed E-state index contributed by atoms with van der Waals surface area (Å²) in [4.78, 5) is 46.3. The molecule has 3 aliphatic rings. The zero-order chi connectivity index (χ0) is 28.3. The number of carbonyl (C=O) groups excluding carboxylic acids is 2. The van der Waals surface area contributed by atoms with Crippen LogP contribution in [0.1, 0.15) is 56.6 Å². The molecular weight excluding hydrogens is 522 g/mol. The topological polar surface area (TPSA) is 118 Å². The second kappa shape index (κ2) is 9.83. The molecule has 1 aromatic carbocycles. The number of hydrogen-bond donors (Lipinski definition) is 1. The van der Waals surface area contributed by atoms with E-state index in [4.69, 9.17) is 24.4 Å². The number of imidazole rings is 1. The summed E-state index contributed by atoms with van der Waals surface area (Å²) in [5, 5.41) is 0.873. The molecule has 0 saturated carbocycles. The molecule has 41 heavy (non-hydrogen) atoms. The number of fused-ring (bicyclic) bond motifs is 3. The largest absolute Gasteiger partial charge is 0.444 e. The molecule has 0 spiro atoms. The van der Waals surface area contributed by atoms with E-state index in [1.165, 1.54) is 0 Å². The summed E-state index contributed by atoms with van der Waals surface area (Å²) < 4.78 is 13.8. The van der Waals surface area contributed by atoms with Crippen LogP contribution in [0.3, 0.4) is 0 Å². The van der Waals surface area contributed by atoms with Crippen LogP contribution in [0.2, 0.25) is 0 Å². The van der Waals surface area contributed by atoms with Crippen molar-refractivity contribution in [2.75, 3.05) is 37.7 Å². The molecule has 1 N–H and O–H groups in total. The highest BCUT2D eigenvalue weighted by molar-refractivity contribution is 6.00. The Balaban J connectivity index is 1.23. The Hall–Kier alpha value is -3.99. The smallest absolute Gasteiger partial charge is 0.410 e. The maximum Gasteiger partial charge on any atom is 0.410 e. The number of carbonyl (C=O) groups is 2. The first-order chi connectivity index (χ1) is 19.8. The van der Waals surface area contributed by atoms with Crippen LogP contribution < -0.4 is 4.90 Å². The molecule has 0 aliphatic carbocycles. The van der Waals surface area contributed by atoms with Gasteiger partial charge in [-0.3, -0.25) is 9.36 Å². The number of aromatic amines is 1. The lowest BCUT2D eigenvalue weighted by Crippen LogP contribution is -2.37. The molecule has 4 aromatic rings. The third-order valence-electron chi connectivity index (χ3n) is 8.41. The molecular formula is C30H35N7O4. The number of hydrogen-bond acceptors (Lipinski definition) is 8. The number of rotatable bonds is 4. The Labute approximate surface area is 237 Å². The molecule has 3 aliphatic heterocycles. The van der Waals surface area contributed by atoms with Crippen molar-refractivity contribution in [1.82, 2.24) is 29.4 Å². The maximum atomic E-state index is 12.7. The molecule has 3 aromatic heterocycles. The maximum absolute atomic E-state index is 12.7. The summed E-state index contributed by atoms with van der Waals surface area (Å²) in [5.41, 5.74) is 4.11. The van der Waals surface area contributed by atoms with E-state index in [0.29, 0.717) is 36.4 Å². The van der Waals surface area contributed by atoms with Crippen molar-refractivity contribution in [3.05, 3.63) is 36.3 Å². The zero-order valence-electron chi connectivity index (χ0n) is 23.7. The SMILES string of the molecule is CC(C)(C)OC(=O)N1CC2CN(c3nc(-c4ccc5c(C=O)c[nH]c5c4)c4ncn(C5CCCCO5)c4n3)CC2C1. The number of aldehydes is 1. The Bertz CT molecular complexity index is 1620. The predicted molar refractivity (Wildman–Crippen MR) is 154 cm³/mol. The zero-order valence-corrected chi connectivity index (χ0v) is 23.7. The van der Waals surface area contributed by atoms with Gasteiger partial charge in [-0.15, -0.1) is 0 Å². The van der Waals surface area contributed by atoms with Crippen molar-refractivity contribution >= 4 is 40.4 Å². The number of amides is 1. The Morgan fingerprint density at radius 3 is 2.63 bits per heavy atom. The van der Waals surface area contributed by atoms with Gasteiger partial charge in [-0.05, 0) is 46.1 Å². The standard InChI is InChI=1S/C30H35N7O4/c1-30(2,3)41-29(39)36-14-20-12-35(13-21(20)15-36)28-33-25(18-7-8-22-19(16-38)11-31-23(22)10-18)26-27(34-28)37(17-32-26)24-6-4-5-9-40-24/h7-8,10-11,16-17,20-21,24,31H,4-6,9,12-15H2,1-3H3. The number of likely N-dealkylation sites (tertiary alicyclic amines) is 1. The van der Waals surface area contributed by atoms with Gasteiger partial charge in [0.15, 0.2) is 11.9 Å². The average Bonchev–Trinajstić information content (AvgIpc) is 3.73. The summed E-state index contributed by atoms with van der Waals surface area (Å²) in [6.07, 6.45) is 7.12. The molecule has 0 bridgehead atoms. The summed E-state index contributed by atoms with van der Waals surface area (Å²) >= 11 is 0. The van der Waals surface area contributed by atoms with E-state index in [2.05, 4.69) is 9.88 Å². The van der Waals surface area contributed by atoms with Crippen LogP contribution in [0.4, 0.5) is 10.7 Å². The molecule has 3 saturated heterocycles. The normalized spacial score (nSPS) is 23.0. The number of H-pyrrole nitrogens is 1. The van der Waals surface area contributed by atoms with Crippen molar-refractivity contribution in [3.63, 3.8) is 0 Å². The van der Waals surface area contributed by atoms with E-state index < -0.39 is 5.60 Å². The van der Waals surface area contributed by atoms with Crippen LogP contribution in [0.5, 0.6) is 0 Å². The van der Waals surface area contributed by atoms with Crippen molar-refractivity contribution in [3.8, 4) is 11.3 Å². The van der Waals surface area contributed by atoms with E-state index in [-0.39, 0.29) is 12.3 Å². The Kier molecular flexibility index (Phi) is 6.22. The molecule has 3 atom stereocenters. The lowest BCUT2D eigenvalue weighted by molar-refractivity contribution is -0.0298. The lowest BCUT2D eigenvalue weighted by Gasteiger charge is -2.26. The molecule has 11 nitrogen and oxygen atoms in total. The third kappa shape index (κ3) is 4.71. The van der Waals surface area contributed by atoms with Crippen LogP contribution in [0.15, 0.2) is 30.7 Å². The highest BCUT2D eigenvalue weighted by Crippen LogP contribution is 2.37. The van der Waals surface area contributed by atoms with Gasteiger partial charge in [-0.2, -0.15) is 4.98 Å². The lowest BCUT2D eigenvalue weighted by atomic mass is 10.0. The average molecular weight is 558 g/mol. The Morgan fingerprint density at radius 2 is 1.93 bits per heavy atom. The first-order valence-corrected chi connectivity index (χ1v) is 14.4. The van der Waals surface area contributed by atoms with Crippen molar-refractivity contribution in [2.45, 2.75) is 51.9 Å². The van der Waals surface area contributed by atoms with Gasteiger partial charge in [0.1, 0.15) is 23.0 Å². The van der Waals surface area contributed by atoms with Gasteiger partial charge in [-0.1, -0.05) is 12.1 Å². The number of nitrogens with one attached hydrogen (secondary N) is 1. The second-order valence-electron chi connectivity index (χ2n) is 12.5. The van der Waals surface area contributed by atoms with E-state index in [9.17, 15) is 9.59 Å². The highest BCUT2D eigenvalue weighted by atomic mass is 16.6. The van der Waals surface area contributed by atoms with E-state index in [1.54, 1.807) is 6.20 Å². The van der Waals surface area contributed by atoms with Crippen molar-refractivity contribution < 1.29 is 19.1 Å². The van der Waals surface area contributed by atoms with Gasteiger partial charge in [0.25, 0.3) is 0 Å². The van der Waals surface area contributed by atoms with Crippen LogP contribution in [0, 0.1) is 11.8 Å². The van der Waals surface area contributed by atoms with Gasteiger partial charge in [0.2, 0.25) is 5.95 Å². The quantitative estimate of drug-likeness (QED) is 0.356. The van der Waals surface area contributed by atoms with Gasteiger partial charge in [0, 0.05) is 72.8 Å². The van der Waals surface area contributed by atoms with Gasteiger partial charge in [-0.25, -0.2) is 14.8 Å². The van der Waals surface area contributed by atoms with Crippen LogP contribution in [0.25, 0.3) is 33.3 Å². The summed E-state index contributed by atoms with van der Waals surface area (Å²) in [6.45, 7) is 9.28. The predicted octanol–water partition coefficient (Wildman–Crippen LogP) is 4.79. The molecule has 1 amide bonds. The van der Waals surface area contributed by atoms with Crippen molar-refractivity contribution in [2.24, 2.45) is 11.8 Å². The number of nitrogens with zero attached hydrogens (tertiary/aromatic N) is 6. The fourth-order valence-electron chi connectivity index (χ4n) is 6.43.